The smallest absolute Gasteiger partial charge is 0.0643 e. The fourth-order valence-electron chi connectivity index (χ4n) is 2.13. The van der Waals surface area contributed by atoms with Crippen LogP contribution >= 0.6 is 23.2 Å². The second kappa shape index (κ2) is 5.31. The van der Waals surface area contributed by atoms with E-state index in [0.29, 0.717) is 10.0 Å². The molecule has 0 radical (unpaired) electrons. The summed E-state index contributed by atoms with van der Waals surface area (Å²) in [5.74, 6) is 0. The Labute approximate surface area is 118 Å². The summed E-state index contributed by atoms with van der Waals surface area (Å²) in [5, 5.41) is 1.07. The van der Waals surface area contributed by atoms with Gasteiger partial charge in [0.1, 0.15) is 0 Å². The molecule has 94 valence electrons. The van der Waals surface area contributed by atoms with E-state index in [1.807, 2.05) is 12.1 Å². The molecule has 0 saturated carbocycles. The minimum Gasteiger partial charge on any atom is -0.320 e. The summed E-state index contributed by atoms with van der Waals surface area (Å²) in [6.45, 7) is 4.12. The van der Waals surface area contributed by atoms with Crippen LogP contribution in [0, 0.1) is 13.8 Å². The Kier molecular flexibility index (Phi) is 3.96. The average molecular weight is 280 g/mol. The molecule has 0 fully saturated rings. The quantitative estimate of drug-likeness (QED) is 0.850. The third kappa shape index (κ3) is 2.69. The molecule has 1 nitrogen and oxygen atoms in total. The second-order valence-electron chi connectivity index (χ2n) is 4.54. The van der Waals surface area contributed by atoms with Crippen molar-refractivity contribution in [1.29, 1.82) is 0 Å². The first-order valence-corrected chi connectivity index (χ1v) is 6.52. The van der Waals surface area contributed by atoms with E-state index in [0.717, 1.165) is 11.1 Å². The van der Waals surface area contributed by atoms with Gasteiger partial charge in [0.25, 0.3) is 0 Å². The zero-order valence-corrected chi connectivity index (χ0v) is 11.9. The summed E-state index contributed by atoms with van der Waals surface area (Å²) >= 11 is 12.2. The van der Waals surface area contributed by atoms with E-state index < -0.39 is 0 Å². The fraction of sp³-hybridized carbons (Fsp3) is 0.200. The molecule has 3 heteroatoms. The van der Waals surface area contributed by atoms with Gasteiger partial charge in [-0.05, 0) is 31.0 Å². The Bertz CT molecular complexity index is 558. The van der Waals surface area contributed by atoms with Crippen LogP contribution in [-0.2, 0) is 0 Å². The van der Waals surface area contributed by atoms with E-state index in [4.69, 9.17) is 28.9 Å². The van der Waals surface area contributed by atoms with Crippen molar-refractivity contribution in [1.82, 2.24) is 0 Å². The highest BCUT2D eigenvalue weighted by molar-refractivity contribution is 6.42. The maximum Gasteiger partial charge on any atom is 0.0643 e. The van der Waals surface area contributed by atoms with Gasteiger partial charge in [0, 0.05) is 0 Å². The lowest BCUT2D eigenvalue weighted by molar-refractivity contribution is 0.868. The van der Waals surface area contributed by atoms with Crippen molar-refractivity contribution in [3.63, 3.8) is 0 Å². The van der Waals surface area contributed by atoms with Crippen LogP contribution in [0.25, 0.3) is 0 Å². The van der Waals surface area contributed by atoms with Crippen molar-refractivity contribution in [3.8, 4) is 0 Å². The number of halogens is 2. The number of hydrogen-bond acceptors (Lipinski definition) is 1. The molecule has 0 aromatic heterocycles. The Hall–Kier alpha value is -1.02. The van der Waals surface area contributed by atoms with Crippen molar-refractivity contribution < 1.29 is 0 Å². The maximum atomic E-state index is 6.28. The Morgan fingerprint density at radius 2 is 1.61 bits per heavy atom. The summed E-state index contributed by atoms with van der Waals surface area (Å²) in [5.41, 5.74) is 10.6. The van der Waals surface area contributed by atoms with Gasteiger partial charge in [0.2, 0.25) is 0 Å². The van der Waals surface area contributed by atoms with Crippen LogP contribution in [0.15, 0.2) is 36.4 Å². The van der Waals surface area contributed by atoms with E-state index in [1.54, 1.807) is 6.07 Å². The molecule has 0 aliphatic rings. The minimum absolute atomic E-state index is 0.255. The Morgan fingerprint density at radius 3 is 2.22 bits per heavy atom. The van der Waals surface area contributed by atoms with Crippen LogP contribution < -0.4 is 5.73 Å². The lowest BCUT2D eigenvalue weighted by atomic mass is 9.96. The molecule has 1 unspecified atom stereocenters. The monoisotopic (exact) mass is 279 g/mol. The highest BCUT2D eigenvalue weighted by Gasteiger charge is 2.14. The van der Waals surface area contributed by atoms with Crippen molar-refractivity contribution >= 4 is 23.2 Å². The molecule has 2 aromatic rings. The van der Waals surface area contributed by atoms with E-state index >= 15 is 0 Å². The molecule has 0 heterocycles. The summed E-state index contributed by atoms with van der Waals surface area (Å²) in [7, 11) is 0. The SMILES string of the molecule is Cc1cc(C)cc(C(N)c2cccc(Cl)c2Cl)c1. The standard InChI is InChI=1S/C15H15Cl2N/c1-9-6-10(2)8-11(7-9)15(18)12-4-3-5-13(16)14(12)17/h3-8,15H,18H2,1-2H3. The molecule has 0 amide bonds. The van der Waals surface area contributed by atoms with Gasteiger partial charge >= 0.3 is 0 Å². The van der Waals surface area contributed by atoms with Gasteiger partial charge in [-0.3, -0.25) is 0 Å². The Morgan fingerprint density at radius 1 is 1.00 bits per heavy atom. The molecule has 0 saturated heterocycles. The summed E-state index contributed by atoms with van der Waals surface area (Å²) in [4.78, 5) is 0. The third-order valence-corrected chi connectivity index (χ3v) is 3.75. The van der Waals surface area contributed by atoms with Crippen molar-refractivity contribution in [3.05, 3.63) is 68.7 Å². The molecular weight excluding hydrogens is 265 g/mol. The normalized spacial score (nSPS) is 12.5. The zero-order valence-electron chi connectivity index (χ0n) is 10.4. The van der Waals surface area contributed by atoms with Crippen molar-refractivity contribution in [2.45, 2.75) is 19.9 Å². The van der Waals surface area contributed by atoms with Crippen molar-refractivity contribution in [2.24, 2.45) is 5.73 Å². The molecule has 1 atom stereocenters. The maximum absolute atomic E-state index is 6.28. The highest BCUT2D eigenvalue weighted by Crippen LogP contribution is 2.32. The predicted molar refractivity (Wildman–Crippen MR) is 78.4 cm³/mol. The van der Waals surface area contributed by atoms with Gasteiger partial charge in [0.05, 0.1) is 16.1 Å². The van der Waals surface area contributed by atoms with Gasteiger partial charge in [-0.1, -0.05) is 64.7 Å². The highest BCUT2D eigenvalue weighted by atomic mass is 35.5. The first-order chi connectivity index (χ1) is 8.49. The first-order valence-electron chi connectivity index (χ1n) is 5.76. The predicted octanol–water partition coefficient (Wildman–Crippen LogP) is 4.66. The summed E-state index contributed by atoms with van der Waals surface area (Å²) < 4.78 is 0. The number of aryl methyl sites for hydroxylation is 2. The Balaban J connectivity index is 2.47. The average Bonchev–Trinajstić information content (AvgIpc) is 2.30. The van der Waals surface area contributed by atoms with Gasteiger partial charge in [-0.25, -0.2) is 0 Å². The van der Waals surface area contributed by atoms with Gasteiger partial charge in [-0.2, -0.15) is 0 Å². The van der Waals surface area contributed by atoms with Gasteiger partial charge in [0.15, 0.2) is 0 Å². The molecule has 18 heavy (non-hydrogen) atoms. The molecule has 2 rings (SSSR count). The molecule has 2 N–H and O–H groups in total. The van der Waals surface area contributed by atoms with E-state index in [2.05, 4.69) is 32.0 Å². The fourth-order valence-corrected chi connectivity index (χ4v) is 2.56. The molecule has 2 aromatic carbocycles. The minimum atomic E-state index is -0.255. The molecule has 0 aliphatic heterocycles. The van der Waals surface area contributed by atoms with Gasteiger partial charge < -0.3 is 5.73 Å². The van der Waals surface area contributed by atoms with Crippen LogP contribution in [-0.4, -0.2) is 0 Å². The summed E-state index contributed by atoms with van der Waals surface area (Å²) in [6.07, 6.45) is 0. The third-order valence-electron chi connectivity index (χ3n) is 2.92. The van der Waals surface area contributed by atoms with Crippen molar-refractivity contribution in [2.75, 3.05) is 0 Å². The van der Waals surface area contributed by atoms with Crippen LogP contribution in [0.4, 0.5) is 0 Å². The lowest BCUT2D eigenvalue weighted by Crippen LogP contribution is -2.13. The zero-order chi connectivity index (χ0) is 13.3. The topological polar surface area (TPSA) is 26.0 Å². The van der Waals surface area contributed by atoms with Gasteiger partial charge in [-0.15, -0.1) is 0 Å². The molecule has 0 bridgehead atoms. The number of benzene rings is 2. The van der Waals surface area contributed by atoms with Crippen LogP contribution in [0.5, 0.6) is 0 Å². The van der Waals surface area contributed by atoms with Crippen LogP contribution in [0.3, 0.4) is 0 Å². The second-order valence-corrected chi connectivity index (χ2v) is 5.33. The molecular formula is C15H15Cl2N. The lowest BCUT2D eigenvalue weighted by Gasteiger charge is -2.16. The summed E-state index contributed by atoms with van der Waals surface area (Å²) in [6, 6.07) is 11.6. The number of nitrogens with two attached hydrogens (primary N) is 1. The van der Waals surface area contributed by atoms with Crippen LogP contribution in [0.1, 0.15) is 28.3 Å². The number of hydrogen-bond donors (Lipinski definition) is 1. The first kappa shape index (κ1) is 13.4. The van der Waals surface area contributed by atoms with E-state index in [-0.39, 0.29) is 6.04 Å². The van der Waals surface area contributed by atoms with E-state index in [9.17, 15) is 0 Å². The molecule has 0 spiro atoms. The largest absolute Gasteiger partial charge is 0.320 e. The number of rotatable bonds is 2. The molecule has 0 aliphatic carbocycles. The van der Waals surface area contributed by atoms with E-state index in [1.165, 1.54) is 11.1 Å². The van der Waals surface area contributed by atoms with Crippen LogP contribution in [0.2, 0.25) is 10.0 Å².